The minimum Gasteiger partial charge on any atom is -0.477 e. The number of halogens is 3. The fourth-order valence-electron chi connectivity index (χ4n) is 3.39. The van der Waals surface area contributed by atoms with E-state index in [1.807, 2.05) is 0 Å². The number of carboxylic acid groups (broad SMARTS) is 1. The molecule has 174 valence electrons. The first-order valence-electron chi connectivity index (χ1n) is 9.30. The number of carbonyl (C=O) groups is 4. The number of nitrogens with one attached hydrogen (secondary N) is 1. The van der Waals surface area contributed by atoms with Crippen LogP contribution < -0.4 is 5.32 Å². The molecule has 3 rings (SSSR count). The van der Waals surface area contributed by atoms with Gasteiger partial charge in [-0.25, -0.2) is 4.79 Å². The number of aliphatic carboxylic acids is 1. The maximum Gasteiger partial charge on any atom is 0.435 e. The highest BCUT2D eigenvalue weighted by molar-refractivity contribution is 8.00. The van der Waals surface area contributed by atoms with Gasteiger partial charge in [0.1, 0.15) is 29.8 Å². The quantitative estimate of drug-likeness (QED) is 0.461. The van der Waals surface area contributed by atoms with Crippen molar-refractivity contribution >= 4 is 35.5 Å². The number of aromatic nitrogens is 2. The van der Waals surface area contributed by atoms with E-state index in [-0.39, 0.29) is 29.3 Å². The summed E-state index contributed by atoms with van der Waals surface area (Å²) in [5.41, 5.74) is -1.09. The Bertz CT molecular complexity index is 1020. The summed E-state index contributed by atoms with van der Waals surface area (Å²) in [6.45, 7) is 3.59. The number of β-lactam (4-membered cyclic amide) rings is 1. The molecule has 0 aromatic carbocycles. The Hall–Kier alpha value is -3.03. The van der Waals surface area contributed by atoms with Crippen LogP contribution in [0.15, 0.2) is 17.3 Å². The van der Waals surface area contributed by atoms with Crippen molar-refractivity contribution in [1.29, 1.82) is 0 Å². The summed E-state index contributed by atoms with van der Waals surface area (Å²) in [5, 5.41) is 14.7. The molecule has 0 spiro atoms. The summed E-state index contributed by atoms with van der Waals surface area (Å²) in [6.07, 6.45) is -4.67. The third-order valence-electron chi connectivity index (χ3n) is 4.96. The molecule has 1 aromatic heterocycles. The molecular weight excluding hydrogens is 457 g/mol. The number of nitrogens with zero attached hydrogens (tertiary/aromatic N) is 3. The first-order chi connectivity index (χ1) is 14.8. The van der Waals surface area contributed by atoms with E-state index in [2.05, 4.69) is 10.4 Å². The summed E-state index contributed by atoms with van der Waals surface area (Å²) in [7, 11) is 0. The molecule has 0 aliphatic carbocycles. The molecule has 1 fully saturated rings. The van der Waals surface area contributed by atoms with Gasteiger partial charge in [0.25, 0.3) is 5.91 Å². The van der Waals surface area contributed by atoms with E-state index < -0.39 is 53.1 Å². The summed E-state index contributed by atoms with van der Waals surface area (Å²) >= 11 is 1.17. The lowest BCUT2D eigenvalue weighted by molar-refractivity contribution is -0.151. The standard InChI is InChI=1S/C18H19F3N4O6S/c1-7-4-11(18(19,20)21)23-25(7)8(2)14(27)22-12-15(28)24-13(17(29)30)10(5-31-9(3)26)6-32-16(12)24/h4,8,12,16H,5-6H2,1-3H3,(H,22,27)(H,29,30)/t8-,12-,16-/m0/s1. The Labute approximate surface area is 183 Å². The summed E-state index contributed by atoms with van der Waals surface area (Å²) < 4.78 is 44.4. The van der Waals surface area contributed by atoms with Crippen molar-refractivity contribution in [1.82, 2.24) is 20.0 Å². The third-order valence-corrected chi connectivity index (χ3v) is 6.30. The Morgan fingerprint density at radius 3 is 2.59 bits per heavy atom. The minimum absolute atomic E-state index is 0.111. The van der Waals surface area contributed by atoms with Crippen molar-refractivity contribution in [2.45, 2.75) is 44.4 Å². The van der Waals surface area contributed by atoms with Crippen molar-refractivity contribution in [3.05, 3.63) is 28.7 Å². The van der Waals surface area contributed by atoms with Crippen molar-refractivity contribution in [3.63, 3.8) is 0 Å². The molecule has 0 unspecified atom stereocenters. The second kappa shape index (κ2) is 8.48. The monoisotopic (exact) mass is 476 g/mol. The highest BCUT2D eigenvalue weighted by Gasteiger charge is 2.54. The van der Waals surface area contributed by atoms with E-state index in [4.69, 9.17) is 4.74 Å². The Morgan fingerprint density at radius 1 is 1.41 bits per heavy atom. The van der Waals surface area contributed by atoms with Crippen LogP contribution in [0.25, 0.3) is 0 Å². The number of carboxylic acids is 1. The van der Waals surface area contributed by atoms with Crippen molar-refractivity contribution in [3.8, 4) is 0 Å². The fraction of sp³-hybridized carbons (Fsp3) is 0.500. The molecule has 3 atom stereocenters. The molecular formula is C18H19F3N4O6S. The molecule has 3 heterocycles. The van der Waals surface area contributed by atoms with Crippen molar-refractivity contribution in [2.75, 3.05) is 12.4 Å². The van der Waals surface area contributed by atoms with Crippen LogP contribution in [0.4, 0.5) is 13.2 Å². The largest absolute Gasteiger partial charge is 0.477 e. The van der Waals surface area contributed by atoms with Gasteiger partial charge in [0, 0.05) is 23.9 Å². The number of rotatable bonds is 6. The number of esters is 1. The lowest BCUT2D eigenvalue weighted by atomic mass is 10.0. The van der Waals surface area contributed by atoms with E-state index in [1.165, 1.54) is 32.5 Å². The van der Waals surface area contributed by atoms with E-state index in [0.717, 1.165) is 15.6 Å². The maximum atomic E-state index is 12.9. The number of hydrogen-bond acceptors (Lipinski definition) is 7. The van der Waals surface area contributed by atoms with Crippen LogP contribution in [0, 0.1) is 6.92 Å². The molecule has 0 saturated carbocycles. The maximum absolute atomic E-state index is 12.9. The van der Waals surface area contributed by atoms with E-state index in [9.17, 15) is 37.5 Å². The zero-order chi connectivity index (χ0) is 24.0. The van der Waals surface area contributed by atoms with Gasteiger partial charge in [0.15, 0.2) is 5.69 Å². The molecule has 2 aliphatic heterocycles. The van der Waals surface area contributed by atoms with Gasteiger partial charge >= 0.3 is 18.1 Å². The molecule has 14 heteroatoms. The van der Waals surface area contributed by atoms with Crippen LogP contribution in [-0.4, -0.2) is 67.3 Å². The average molecular weight is 476 g/mol. The smallest absolute Gasteiger partial charge is 0.435 e. The van der Waals surface area contributed by atoms with Gasteiger partial charge in [-0.3, -0.25) is 24.0 Å². The number of amides is 2. The zero-order valence-electron chi connectivity index (χ0n) is 17.1. The molecule has 2 N–H and O–H groups in total. The first kappa shape index (κ1) is 23.6. The lowest BCUT2D eigenvalue weighted by Crippen LogP contribution is -2.71. The number of ether oxygens (including phenoxy) is 1. The van der Waals surface area contributed by atoms with E-state index in [1.54, 1.807) is 0 Å². The van der Waals surface area contributed by atoms with Crippen LogP contribution in [-0.2, 0) is 30.1 Å². The van der Waals surface area contributed by atoms with Gasteiger partial charge in [-0.05, 0) is 19.9 Å². The van der Waals surface area contributed by atoms with Crippen molar-refractivity contribution in [2.24, 2.45) is 0 Å². The molecule has 1 saturated heterocycles. The second-order valence-corrected chi connectivity index (χ2v) is 8.33. The fourth-order valence-corrected chi connectivity index (χ4v) is 4.71. The number of alkyl halides is 3. The van der Waals surface area contributed by atoms with Crippen LogP contribution in [0.1, 0.15) is 31.3 Å². The van der Waals surface area contributed by atoms with Gasteiger partial charge in [-0.1, -0.05) is 0 Å². The van der Waals surface area contributed by atoms with Crippen molar-refractivity contribution < 1.29 is 42.2 Å². The van der Waals surface area contributed by atoms with Crippen LogP contribution in [0.5, 0.6) is 0 Å². The van der Waals surface area contributed by atoms with Gasteiger partial charge in [-0.15, -0.1) is 11.8 Å². The first-order valence-corrected chi connectivity index (χ1v) is 10.3. The molecule has 2 aliphatic rings. The van der Waals surface area contributed by atoms with Gasteiger partial charge in [0.2, 0.25) is 5.91 Å². The SMILES string of the molecule is CC(=O)OCC1=C(C(=O)O)N2C(=O)[C@H](NC(=O)[C@H](C)n3nc(C(F)(F)F)cc3C)[C@@H]2SC1. The van der Waals surface area contributed by atoms with Crippen LogP contribution in [0.3, 0.4) is 0 Å². The highest BCUT2D eigenvalue weighted by Crippen LogP contribution is 2.40. The summed E-state index contributed by atoms with van der Waals surface area (Å²) in [4.78, 5) is 49.0. The lowest BCUT2D eigenvalue weighted by Gasteiger charge is -2.49. The molecule has 32 heavy (non-hydrogen) atoms. The summed E-state index contributed by atoms with van der Waals surface area (Å²) in [6, 6.07) is -1.39. The van der Waals surface area contributed by atoms with Gasteiger partial charge < -0.3 is 15.2 Å². The molecule has 10 nitrogen and oxygen atoms in total. The second-order valence-electron chi connectivity index (χ2n) is 7.22. The molecule has 2 amide bonds. The number of hydrogen-bond donors (Lipinski definition) is 2. The topological polar surface area (TPSA) is 131 Å². The molecule has 1 aromatic rings. The van der Waals surface area contributed by atoms with Gasteiger partial charge in [0.05, 0.1) is 0 Å². The number of thioether (sulfide) groups is 1. The average Bonchev–Trinajstić information content (AvgIpc) is 3.10. The number of fused-ring (bicyclic) bond motifs is 1. The van der Waals surface area contributed by atoms with Gasteiger partial charge in [-0.2, -0.15) is 18.3 Å². The summed E-state index contributed by atoms with van der Waals surface area (Å²) in [5.74, 6) is -3.26. The predicted molar refractivity (Wildman–Crippen MR) is 103 cm³/mol. The number of aryl methyl sites for hydroxylation is 1. The Balaban J connectivity index is 1.74. The number of carbonyl (C=O) groups excluding carboxylic acids is 3. The normalized spacial score (nSPS) is 21.6. The third kappa shape index (κ3) is 4.31. The predicted octanol–water partition coefficient (Wildman–Crippen LogP) is 1.07. The Morgan fingerprint density at radius 2 is 2.06 bits per heavy atom. The van der Waals surface area contributed by atoms with Crippen LogP contribution in [0.2, 0.25) is 0 Å². The molecule has 0 radical (unpaired) electrons. The van der Waals surface area contributed by atoms with E-state index in [0.29, 0.717) is 0 Å². The Kier molecular flexibility index (Phi) is 6.26. The van der Waals surface area contributed by atoms with E-state index >= 15 is 0 Å². The zero-order valence-corrected chi connectivity index (χ0v) is 17.9. The molecule has 0 bridgehead atoms. The highest BCUT2D eigenvalue weighted by atomic mass is 32.2. The minimum atomic E-state index is -4.67. The van der Waals surface area contributed by atoms with Crippen LogP contribution >= 0.6 is 11.8 Å².